The second kappa shape index (κ2) is 11.1. The van der Waals surface area contributed by atoms with Gasteiger partial charge in [-0.05, 0) is 62.0 Å². The first-order valence-electron chi connectivity index (χ1n) is 12.7. The maximum atomic E-state index is 12.7. The molecule has 0 spiro atoms. The zero-order valence-corrected chi connectivity index (χ0v) is 24.0. The summed E-state index contributed by atoms with van der Waals surface area (Å²) in [5.41, 5.74) is 5.32. The van der Waals surface area contributed by atoms with Gasteiger partial charge in [-0.2, -0.15) is 0 Å². The third kappa shape index (κ3) is 5.39. The third-order valence-electron chi connectivity index (χ3n) is 6.94. The van der Waals surface area contributed by atoms with E-state index in [1.54, 1.807) is 20.4 Å². The Labute approximate surface area is 230 Å². The van der Waals surface area contributed by atoms with Gasteiger partial charge < -0.3 is 29.6 Å². The second-order valence-corrected chi connectivity index (χ2v) is 10.9. The lowest BCUT2D eigenvalue weighted by Gasteiger charge is -2.29. The molecule has 1 amide bonds. The summed E-state index contributed by atoms with van der Waals surface area (Å²) in [6.45, 7) is 11.3. The highest BCUT2D eigenvalue weighted by molar-refractivity contribution is 7.80. The molecular weight excluding hydrogens is 498 g/mol. The van der Waals surface area contributed by atoms with Crippen molar-refractivity contribution in [2.75, 3.05) is 31.0 Å². The highest BCUT2D eigenvalue weighted by Crippen LogP contribution is 2.44. The lowest BCUT2D eigenvalue weighted by Crippen LogP contribution is -2.30. The fourth-order valence-corrected chi connectivity index (χ4v) is 5.19. The molecule has 4 rings (SSSR count). The molecule has 0 saturated carbocycles. The summed E-state index contributed by atoms with van der Waals surface area (Å²) in [4.78, 5) is 19.4. The molecule has 38 heavy (non-hydrogen) atoms. The zero-order chi connectivity index (χ0) is 27.6. The number of pyridine rings is 1. The summed E-state index contributed by atoms with van der Waals surface area (Å²) in [5, 5.41) is 7.11. The van der Waals surface area contributed by atoms with Crippen molar-refractivity contribution in [3.8, 4) is 5.75 Å². The molecule has 0 unspecified atom stereocenters. The van der Waals surface area contributed by atoms with Crippen LogP contribution in [-0.4, -0.2) is 41.4 Å². The molecule has 9 heteroatoms. The molecule has 3 aromatic rings. The van der Waals surface area contributed by atoms with Crippen LogP contribution in [0.1, 0.15) is 55.5 Å². The first-order valence-corrected chi connectivity index (χ1v) is 13.1. The Hall–Kier alpha value is -3.43. The number of nitrogens with zero attached hydrogens (tertiary/aromatic N) is 3. The van der Waals surface area contributed by atoms with Gasteiger partial charge >= 0.3 is 0 Å². The number of carbonyl (C=O) groups is 1. The minimum Gasteiger partial charge on any atom is -0.494 e. The lowest BCUT2D eigenvalue weighted by molar-refractivity contribution is -0.123. The number of benzene rings is 1. The standard InChI is InChI=1S/C29H37N5O3S/c1-18-16-21(19(2)33(18)14-15-36-6)26-25(23-10-8-9-13-30-23)32-28(38)34(26)20-11-12-22(24(17-20)37-7)31-27(35)29(3,4)5/h8-13,16-17,25-26H,14-15H2,1-7H3,(H,31,35)(H,32,38)/t25-,26+/m1/s1. The summed E-state index contributed by atoms with van der Waals surface area (Å²) >= 11 is 5.91. The number of aryl methyl sites for hydroxylation is 1. The molecule has 1 aliphatic heterocycles. The molecule has 0 bridgehead atoms. The molecule has 1 saturated heterocycles. The van der Waals surface area contributed by atoms with Crippen molar-refractivity contribution in [2.45, 2.75) is 53.2 Å². The van der Waals surface area contributed by atoms with Gasteiger partial charge in [0.1, 0.15) is 5.75 Å². The van der Waals surface area contributed by atoms with Gasteiger partial charge in [-0.1, -0.05) is 26.8 Å². The molecule has 0 radical (unpaired) electrons. The van der Waals surface area contributed by atoms with Crippen molar-refractivity contribution in [1.29, 1.82) is 0 Å². The average molecular weight is 536 g/mol. The molecule has 1 fully saturated rings. The Bertz CT molecular complexity index is 1320. The summed E-state index contributed by atoms with van der Waals surface area (Å²) in [5.74, 6) is 0.479. The first kappa shape index (κ1) is 27.6. The first-order chi connectivity index (χ1) is 18.1. The molecule has 2 N–H and O–H groups in total. The molecular formula is C29H37N5O3S. The Morgan fingerprint density at radius 1 is 1.16 bits per heavy atom. The molecule has 3 heterocycles. The molecule has 2 atom stereocenters. The SMILES string of the molecule is COCCn1c(C)cc([C@H]2[C@@H](c3ccccn3)NC(=S)N2c2ccc(NC(=O)C(C)(C)C)c(OC)c2)c1C. The van der Waals surface area contributed by atoms with Crippen LogP contribution in [0, 0.1) is 19.3 Å². The van der Waals surface area contributed by atoms with Gasteiger partial charge in [-0.15, -0.1) is 0 Å². The van der Waals surface area contributed by atoms with Gasteiger partial charge in [0.05, 0.1) is 37.2 Å². The van der Waals surface area contributed by atoms with Crippen molar-refractivity contribution in [3.05, 3.63) is 71.3 Å². The predicted octanol–water partition coefficient (Wildman–Crippen LogP) is 5.32. The number of carbonyl (C=O) groups excluding carboxylic acids is 1. The normalized spacial score (nSPS) is 17.4. The lowest BCUT2D eigenvalue weighted by atomic mass is 9.95. The molecule has 1 aliphatic rings. The minimum atomic E-state index is -0.531. The third-order valence-corrected chi connectivity index (χ3v) is 7.26. The predicted molar refractivity (Wildman–Crippen MR) is 155 cm³/mol. The number of thiocarbonyl (C=S) groups is 1. The van der Waals surface area contributed by atoms with E-state index in [0.29, 0.717) is 23.2 Å². The number of anilines is 2. The Morgan fingerprint density at radius 2 is 1.92 bits per heavy atom. The number of aromatic nitrogens is 2. The van der Waals surface area contributed by atoms with Gasteiger partial charge in [0.2, 0.25) is 5.91 Å². The summed E-state index contributed by atoms with van der Waals surface area (Å²) in [6, 6.07) is 13.6. The van der Waals surface area contributed by atoms with Gasteiger partial charge in [-0.3, -0.25) is 9.78 Å². The Kier molecular flexibility index (Phi) is 8.08. The maximum Gasteiger partial charge on any atom is 0.229 e. The van der Waals surface area contributed by atoms with Gasteiger partial charge in [0.15, 0.2) is 5.11 Å². The van der Waals surface area contributed by atoms with Crippen LogP contribution in [0.5, 0.6) is 5.75 Å². The fourth-order valence-electron chi connectivity index (χ4n) is 4.85. The van der Waals surface area contributed by atoms with Crippen molar-refractivity contribution in [2.24, 2.45) is 5.41 Å². The van der Waals surface area contributed by atoms with E-state index in [4.69, 9.17) is 21.7 Å². The van der Waals surface area contributed by atoms with Crippen molar-refractivity contribution in [1.82, 2.24) is 14.9 Å². The number of ether oxygens (including phenoxy) is 2. The summed E-state index contributed by atoms with van der Waals surface area (Å²) in [6.07, 6.45) is 1.80. The van der Waals surface area contributed by atoms with Crippen LogP contribution >= 0.6 is 12.2 Å². The summed E-state index contributed by atoms with van der Waals surface area (Å²) in [7, 11) is 3.32. The van der Waals surface area contributed by atoms with Crippen LogP contribution in [0.2, 0.25) is 0 Å². The monoisotopic (exact) mass is 535 g/mol. The number of nitrogens with one attached hydrogen (secondary N) is 2. The number of methoxy groups -OCH3 is 2. The number of hydrogen-bond donors (Lipinski definition) is 2. The van der Waals surface area contributed by atoms with E-state index < -0.39 is 5.41 Å². The largest absolute Gasteiger partial charge is 0.494 e. The molecule has 202 valence electrons. The maximum absolute atomic E-state index is 12.7. The van der Waals surface area contributed by atoms with Gasteiger partial charge in [0, 0.05) is 48.4 Å². The van der Waals surface area contributed by atoms with Gasteiger partial charge in [0.25, 0.3) is 0 Å². The van der Waals surface area contributed by atoms with Crippen LogP contribution in [0.3, 0.4) is 0 Å². The van der Waals surface area contributed by atoms with Crippen LogP contribution in [0.15, 0.2) is 48.7 Å². The van der Waals surface area contributed by atoms with Crippen LogP contribution < -0.4 is 20.3 Å². The number of rotatable bonds is 8. The van der Waals surface area contributed by atoms with E-state index in [1.807, 2.05) is 57.2 Å². The van der Waals surface area contributed by atoms with Crippen molar-refractivity contribution >= 4 is 34.6 Å². The molecule has 2 aromatic heterocycles. The van der Waals surface area contributed by atoms with E-state index in [1.165, 1.54) is 0 Å². The average Bonchev–Trinajstić information content (AvgIpc) is 3.37. The van der Waals surface area contributed by atoms with Crippen molar-refractivity contribution < 1.29 is 14.3 Å². The van der Waals surface area contributed by atoms with Crippen LogP contribution in [-0.2, 0) is 16.1 Å². The number of amides is 1. The molecule has 0 aliphatic carbocycles. The van der Waals surface area contributed by atoms with Crippen molar-refractivity contribution in [3.63, 3.8) is 0 Å². The van der Waals surface area contributed by atoms with E-state index in [2.05, 4.69) is 45.0 Å². The smallest absolute Gasteiger partial charge is 0.229 e. The number of hydrogen-bond acceptors (Lipinski definition) is 5. The van der Waals surface area contributed by atoms with E-state index in [9.17, 15) is 4.79 Å². The van der Waals surface area contributed by atoms with E-state index in [0.717, 1.165) is 34.9 Å². The summed E-state index contributed by atoms with van der Waals surface area (Å²) < 4.78 is 13.3. The van der Waals surface area contributed by atoms with E-state index >= 15 is 0 Å². The van der Waals surface area contributed by atoms with E-state index in [-0.39, 0.29) is 18.0 Å². The minimum absolute atomic E-state index is 0.0847. The highest BCUT2D eigenvalue weighted by Gasteiger charge is 2.42. The second-order valence-electron chi connectivity index (χ2n) is 10.6. The zero-order valence-electron chi connectivity index (χ0n) is 23.2. The van der Waals surface area contributed by atoms with Crippen LogP contribution in [0.25, 0.3) is 0 Å². The van der Waals surface area contributed by atoms with Crippen LogP contribution in [0.4, 0.5) is 11.4 Å². The topological polar surface area (TPSA) is 80.7 Å². The Morgan fingerprint density at radius 3 is 2.55 bits per heavy atom. The molecule has 1 aromatic carbocycles. The fraction of sp³-hybridized carbons (Fsp3) is 0.414. The van der Waals surface area contributed by atoms with Gasteiger partial charge in [-0.25, -0.2) is 0 Å². The molecule has 8 nitrogen and oxygen atoms in total. The highest BCUT2D eigenvalue weighted by atomic mass is 32.1. The quantitative estimate of drug-likeness (QED) is 0.378. The Balaban J connectivity index is 1.80.